The molecule has 1 fully saturated rings. The van der Waals surface area contributed by atoms with Crippen molar-refractivity contribution < 1.29 is 9.53 Å². The Bertz CT molecular complexity index is 482. The maximum atomic E-state index is 12.4. The number of rotatable bonds is 4. The number of imidazole rings is 1. The molecule has 6 heteroatoms. The first kappa shape index (κ1) is 16.2. The molecular formula is C15H25N3O2S. The second-order valence-corrected chi connectivity index (χ2v) is 7.32. The molecule has 2 rings (SSSR count). The maximum Gasteiger partial charge on any atom is 0.410 e. The van der Waals surface area contributed by atoms with E-state index in [4.69, 9.17) is 4.74 Å². The van der Waals surface area contributed by atoms with E-state index in [0.29, 0.717) is 0 Å². The predicted octanol–water partition coefficient (Wildman–Crippen LogP) is 3.32. The number of carbonyl (C=O) groups is 1. The summed E-state index contributed by atoms with van der Waals surface area (Å²) in [6.45, 7) is 7.39. The van der Waals surface area contributed by atoms with Crippen LogP contribution in [0.25, 0.3) is 0 Å². The molecule has 2 heterocycles. The van der Waals surface area contributed by atoms with Gasteiger partial charge in [0.05, 0.1) is 24.3 Å². The Hall–Kier alpha value is -1.17. The number of ether oxygens (including phenoxy) is 1. The second kappa shape index (κ2) is 6.73. The Labute approximate surface area is 131 Å². The van der Waals surface area contributed by atoms with Gasteiger partial charge in [-0.2, -0.15) is 11.8 Å². The average molecular weight is 311 g/mol. The first-order valence-electron chi connectivity index (χ1n) is 7.41. The maximum absolute atomic E-state index is 12.4. The van der Waals surface area contributed by atoms with E-state index in [9.17, 15) is 4.79 Å². The summed E-state index contributed by atoms with van der Waals surface area (Å²) in [5.74, 6) is 1.04. The molecule has 118 valence electrons. The molecule has 0 radical (unpaired) electrons. The Morgan fingerprint density at radius 3 is 2.95 bits per heavy atom. The van der Waals surface area contributed by atoms with Crippen LogP contribution in [-0.2, 0) is 11.3 Å². The highest BCUT2D eigenvalue weighted by Crippen LogP contribution is 2.33. The number of hydrogen-bond donors (Lipinski definition) is 0. The van der Waals surface area contributed by atoms with Gasteiger partial charge in [0, 0.05) is 18.8 Å². The van der Waals surface area contributed by atoms with Crippen molar-refractivity contribution in [2.75, 3.05) is 18.6 Å². The van der Waals surface area contributed by atoms with Crippen molar-refractivity contribution in [2.24, 2.45) is 0 Å². The van der Waals surface area contributed by atoms with Crippen molar-refractivity contribution in [2.45, 2.75) is 51.8 Å². The van der Waals surface area contributed by atoms with E-state index in [2.05, 4.69) is 15.8 Å². The topological polar surface area (TPSA) is 47.4 Å². The largest absolute Gasteiger partial charge is 0.444 e. The predicted molar refractivity (Wildman–Crippen MR) is 85.5 cm³/mol. The Morgan fingerprint density at radius 1 is 1.52 bits per heavy atom. The lowest BCUT2D eigenvalue weighted by Gasteiger charge is -2.29. The fraction of sp³-hybridized carbons (Fsp3) is 0.733. The molecule has 21 heavy (non-hydrogen) atoms. The van der Waals surface area contributed by atoms with E-state index in [1.165, 1.54) is 0 Å². The zero-order valence-corrected chi connectivity index (χ0v) is 14.2. The first-order valence-corrected chi connectivity index (χ1v) is 8.80. The molecule has 1 aliphatic heterocycles. The lowest BCUT2D eigenvalue weighted by molar-refractivity contribution is 0.0219. The molecule has 0 N–H and O–H groups in total. The number of hydrogen-bond acceptors (Lipinski definition) is 4. The van der Waals surface area contributed by atoms with E-state index in [1.807, 2.05) is 50.0 Å². The van der Waals surface area contributed by atoms with Gasteiger partial charge in [0.15, 0.2) is 0 Å². The molecule has 1 aromatic rings. The van der Waals surface area contributed by atoms with Crippen LogP contribution in [0, 0.1) is 0 Å². The normalized spacial score (nSPS) is 19.0. The summed E-state index contributed by atoms with van der Waals surface area (Å²) in [5.41, 5.74) is 0.663. The van der Waals surface area contributed by atoms with Crippen LogP contribution < -0.4 is 0 Å². The van der Waals surface area contributed by atoms with E-state index in [0.717, 1.165) is 37.4 Å². The number of aryl methyl sites for hydroxylation is 1. The van der Waals surface area contributed by atoms with Crippen LogP contribution in [0.1, 0.15) is 45.3 Å². The molecule has 1 unspecified atom stereocenters. The molecule has 5 nitrogen and oxygen atoms in total. The number of amides is 1. The van der Waals surface area contributed by atoms with E-state index in [-0.39, 0.29) is 12.1 Å². The zero-order chi connectivity index (χ0) is 15.5. The minimum Gasteiger partial charge on any atom is -0.444 e. The lowest BCUT2D eigenvalue weighted by Crippen LogP contribution is -2.37. The Kier molecular flexibility index (Phi) is 5.19. The highest BCUT2D eigenvalue weighted by molar-refractivity contribution is 7.98. The van der Waals surface area contributed by atoms with Gasteiger partial charge in [0.1, 0.15) is 5.60 Å². The third kappa shape index (κ3) is 4.15. The zero-order valence-electron chi connectivity index (χ0n) is 13.3. The molecule has 0 saturated carbocycles. The third-order valence-electron chi connectivity index (χ3n) is 3.50. The van der Waals surface area contributed by atoms with Crippen LogP contribution in [0.4, 0.5) is 4.79 Å². The molecule has 0 bridgehead atoms. The van der Waals surface area contributed by atoms with Gasteiger partial charge in [-0.25, -0.2) is 9.78 Å². The summed E-state index contributed by atoms with van der Waals surface area (Å²) in [7, 11) is 0. The molecular weight excluding hydrogens is 286 g/mol. The number of likely N-dealkylation sites (tertiary alicyclic amines) is 1. The van der Waals surface area contributed by atoms with Crippen LogP contribution in [0.3, 0.4) is 0 Å². The smallest absolute Gasteiger partial charge is 0.410 e. The van der Waals surface area contributed by atoms with Crippen molar-refractivity contribution in [3.05, 3.63) is 18.2 Å². The van der Waals surface area contributed by atoms with Crippen LogP contribution in [0.5, 0.6) is 0 Å². The van der Waals surface area contributed by atoms with E-state index >= 15 is 0 Å². The quantitative estimate of drug-likeness (QED) is 0.856. The molecule has 1 saturated heterocycles. The summed E-state index contributed by atoms with van der Waals surface area (Å²) >= 11 is 1.81. The molecule has 1 atom stereocenters. The van der Waals surface area contributed by atoms with Gasteiger partial charge in [-0.1, -0.05) is 0 Å². The fourth-order valence-electron chi connectivity index (χ4n) is 2.60. The van der Waals surface area contributed by atoms with Gasteiger partial charge in [-0.05, 0) is 39.9 Å². The summed E-state index contributed by atoms with van der Waals surface area (Å²) < 4.78 is 7.68. The van der Waals surface area contributed by atoms with E-state index < -0.39 is 5.60 Å². The standard InChI is InChI=1S/C15H25N3O2S/c1-15(2,3)20-14(19)18-7-5-6-12(18)13-10-16-11-17(13)8-9-21-4/h10-12H,5-9H2,1-4H3. The number of aromatic nitrogens is 2. The van der Waals surface area contributed by atoms with Crippen LogP contribution in [-0.4, -0.2) is 44.7 Å². The van der Waals surface area contributed by atoms with Crippen LogP contribution in [0.15, 0.2) is 12.5 Å². The van der Waals surface area contributed by atoms with Crippen LogP contribution >= 0.6 is 11.8 Å². The molecule has 1 amide bonds. The summed E-state index contributed by atoms with van der Waals surface area (Å²) in [6.07, 6.45) is 7.61. The summed E-state index contributed by atoms with van der Waals surface area (Å²) in [4.78, 5) is 18.5. The van der Waals surface area contributed by atoms with Crippen molar-refractivity contribution in [1.82, 2.24) is 14.5 Å². The first-order chi connectivity index (χ1) is 9.92. The molecule has 0 spiro atoms. The number of nitrogens with zero attached hydrogens (tertiary/aromatic N) is 3. The Balaban J connectivity index is 2.11. The van der Waals surface area contributed by atoms with Crippen molar-refractivity contribution in [1.29, 1.82) is 0 Å². The van der Waals surface area contributed by atoms with Crippen molar-refractivity contribution in [3.8, 4) is 0 Å². The summed E-state index contributed by atoms with van der Waals surface area (Å²) in [5, 5.41) is 0. The SMILES string of the molecule is CSCCn1cncc1C1CCCN1C(=O)OC(C)(C)C. The van der Waals surface area contributed by atoms with Gasteiger partial charge >= 0.3 is 6.09 Å². The van der Waals surface area contributed by atoms with Gasteiger partial charge in [0.25, 0.3) is 0 Å². The van der Waals surface area contributed by atoms with Gasteiger partial charge in [-0.3, -0.25) is 4.90 Å². The minimum absolute atomic E-state index is 0.0872. The average Bonchev–Trinajstić information content (AvgIpc) is 3.02. The van der Waals surface area contributed by atoms with Gasteiger partial charge in [0.2, 0.25) is 0 Å². The monoisotopic (exact) mass is 311 g/mol. The summed E-state index contributed by atoms with van der Waals surface area (Å²) in [6, 6.07) is 0.0872. The fourth-order valence-corrected chi connectivity index (χ4v) is 2.98. The molecule has 1 aromatic heterocycles. The number of thioether (sulfide) groups is 1. The Morgan fingerprint density at radius 2 is 2.29 bits per heavy atom. The van der Waals surface area contributed by atoms with E-state index in [1.54, 1.807) is 0 Å². The van der Waals surface area contributed by atoms with Crippen molar-refractivity contribution in [3.63, 3.8) is 0 Å². The van der Waals surface area contributed by atoms with Crippen molar-refractivity contribution >= 4 is 17.9 Å². The molecule has 1 aliphatic rings. The lowest BCUT2D eigenvalue weighted by atomic mass is 10.1. The second-order valence-electron chi connectivity index (χ2n) is 6.34. The van der Waals surface area contributed by atoms with Gasteiger partial charge < -0.3 is 9.30 Å². The highest BCUT2D eigenvalue weighted by atomic mass is 32.2. The molecule has 0 aromatic carbocycles. The minimum atomic E-state index is -0.455. The third-order valence-corrected chi connectivity index (χ3v) is 4.09. The molecule has 0 aliphatic carbocycles. The highest BCUT2D eigenvalue weighted by Gasteiger charge is 2.34. The van der Waals surface area contributed by atoms with Gasteiger partial charge in [-0.15, -0.1) is 0 Å². The van der Waals surface area contributed by atoms with Crippen LogP contribution in [0.2, 0.25) is 0 Å². The number of carbonyl (C=O) groups excluding carboxylic acids is 1.